The molecule has 0 aliphatic heterocycles. The second-order valence-electron chi connectivity index (χ2n) is 3.66. The predicted octanol–water partition coefficient (Wildman–Crippen LogP) is 1.86. The lowest BCUT2D eigenvalue weighted by Crippen LogP contribution is -2.09. The molecule has 1 rings (SSSR count). The van der Waals surface area contributed by atoms with Crippen molar-refractivity contribution in [1.82, 2.24) is 9.97 Å². The van der Waals surface area contributed by atoms with Gasteiger partial charge in [0.05, 0.1) is 17.3 Å². The van der Waals surface area contributed by atoms with Crippen molar-refractivity contribution in [3.8, 4) is 0 Å². The van der Waals surface area contributed by atoms with Gasteiger partial charge in [-0.25, -0.2) is 4.98 Å². The highest BCUT2D eigenvalue weighted by Crippen LogP contribution is 2.27. The number of hydrogen-bond donors (Lipinski definition) is 1. The van der Waals surface area contributed by atoms with Gasteiger partial charge in [-0.15, -0.1) is 0 Å². The number of nitrogens with zero attached hydrogens (tertiary/aromatic N) is 3. The SMILES string of the molecule is CCCNc1ncc([N+](=O)[O-])c(SCC(=O)OCC)n1. The molecule has 0 spiro atoms. The number of aromatic nitrogens is 2. The van der Waals surface area contributed by atoms with Gasteiger partial charge in [0.25, 0.3) is 0 Å². The highest BCUT2D eigenvalue weighted by atomic mass is 32.2. The number of thioether (sulfide) groups is 1. The Bertz CT molecular complexity index is 483. The Morgan fingerprint density at radius 2 is 2.30 bits per heavy atom. The summed E-state index contributed by atoms with van der Waals surface area (Å²) in [6.45, 7) is 4.62. The Labute approximate surface area is 120 Å². The van der Waals surface area contributed by atoms with Gasteiger partial charge in [0.1, 0.15) is 6.20 Å². The summed E-state index contributed by atoms with van der Waals surface area (Å²) in [4.78, 5) is 29.5. The summed E-state index contributed by atoms with van der Waals surface area (Å²) in [5.74, 6) is -0.156. The molecule has 9 heteroatoms. The first-order valence-electron chi connectivity index (χ1n) is 6.12. The average molecular weight is 300 g/mol. The zero-order valence-corrected chi connectivity index (χ0v) is 12.1. The topological polar surface area (TPSA) is 107 Å². The van der Waals surface area contributed by atoms with E-state index in [-0.39, 0.29) is 23.1 Å². The zero-order chi connectivity index (χ0) is 15.0. The lowest BCUT2D eigenvalue weighted by Gasteiger charge is -2.06. The fourth-order valence-electron chi connectivity index (χ4n) is 1.24. The van der Waals surface area contributed by atoms with Gasteiger partial charge < -0.3 is 10.1 Å². The van der Waals surface area contributed by atoms with Gasteiger partial charge >= 0.3 is 11.7 Å². The van der Waals surface area contributed by atoms with Crippen molar-refractivity contribution >= 4 is 29.4 Å². The van der Waals surface area contributed by atoms with Crippen LogP contribution in [0.3, 0.4) is 0 Å². The summed E-state index contributed by atoms with van der Waals surface area (Å²) in [5.41, 5.74) is -0.221. The van der Waals surface area contributed by atoms with E-state index < -0.39 is 10.9 Å². The smallest absolute Gasteiger partial charge is 0.319 e. The molecule has 1 N–H and O–H groups in total. The molecular weight excluding hydrogens is 284 g/mol. The molecule has 110 valence electrons. The van der Waals surface area contributed by atoms with Crippen LogP contribution < -0.4 is 5.32 Å². The van der Waals surface area contributed by atoms with Crippen molar-refractivity contribution in [2.24, 2.45) is 0 Å². The van der Waals surface area contributed by atoms with E-state index in [1.807, 2.05) is 6.92 Å². The van der Waals surface area contributed by atoms with Crippen molar-refractivity contribution in [3.05, 3.63) is 16.3 Å². The first-order valence-corrected chi connectivity index (χ1v) is 7.10. The van der Waals surface area contributed by atoms with E-state index >= 15 is 0 Å². The average Bonchev–Trinajstić information content (AvgIpc) is 2.43. The van der Waals surface area contributed by atoms with Crippen molar-refractivity contribution in [3.63, 3.8) is 0 Å². The van der Waals surface area contributed by atoms with Crippen LogP contribution in [0.4, 0.5) is 11.6 Å². The highest BCUT2D eigenvalue weighted by Gasteiger charge is 2.19. The molecule has 0 aliphatic carbocycles. The van der Waals surface area contributed by atoms with Gasteiger partial charge in [0.2, 0.25) is 5.95 Å². The molecule has 0 unspecified atom stereocenters. The normalized spacial score (nSPS) is 10.1. The number of hydrogen-bond acceptors (Lipinski definition) is 8. The summed E-state index contributed by atoms with van der Waals surface area (Å²) < 4.78 is 4.77. The van der Waals surface area contributed by atoms with E-state index in [0.717, 1.165) is 24.4 Å². The van der Waals surface area contributed by atoms with Gasteiger partial charge in [0, 0.05) is 6.54 Å². The molecule has 0 aliphatic rings. The lowest BCUT2D eigenvalue weighted by molar-refractivity contribution is -0.388. The molecule has 0 fully saturated rings. The van der Waals surface area contributed by atoms with Crippen molar-refractivity contribution in [2.75, 3.05) is 24.2 Å². The van der Waals surface area contributed by atoms with Gasteiger partial charge in [-0.05, 0) is 13.3 Å². The Balaban J connectivity index is 2.82. The van der Waals surface area contributed by atoms with Crippen LogP contribution >= 0.6 is 11.8 Å². The Kier molecular flexibility index (Phi) is 6.71. The minimum Gasteiger partial charge on any atom is -0.465 e. The highest BCUT2D eigenvalue weighted by molar-refractivity contribution is 8.00. The summed E-state index contributed by atoms with van der Waals surface area (Å²) in [6.07, 6.45) is 2.02. The minimum absolute atomic E-state index is 0.0289. The molecule has 1 heterocycles. The number of carbonyl (C=O) groups excluding carboxylic acids is 1. The minimum atomic E-state index is -0.572. The summed E-state index contributed by atoms with van der Waals surface area (Å²) in [7, 11) is 0. The van der Waals surface area contributed by atoms with Crippen LogP contribution in [-0.4, -0.2) is 39.8 Å². The molecule has 0 saturated carbocycles. The first-order chi connectivity index (χ1) is 9.58. The summed E-state index contributed by atoms with van der Waals surface area (Å²) in [6, 6.07) is 0. The second kappa shape index (κ2) is 8.31. The maximum absolute atomic E-state index is 11.3. The van der Waals surface area contributed by atoms with E-state index in [0.29, 0.717) is 12.5 Å². The molecule has 8 nitrogen and oxygen atoms in total. The van der Waals surface area contributed by atoms with E-state index in [2.05, 4.69) is 15.3 Å². The van der Waals surface area contributed by atoms with E-state index in [4.69, 9.17) is 4.74 Å². The molecule has 0 radical (unpaired) electrons. The zero-order valence-electron chi connectivity index (χ0n) is 11.3. The maximum atomic E-state index is 11.3. The number of anilines is 1. The molecule has 0 bridgehead atoms. The van der Waals surface area contributed by atoms with Crippen LogP contribution in [0.15, 0.2) is 11.2 Å². The first kappa shape index (κ1) is 16.2. The van der Waals surface area contributed by atoms with Crippen LogP contribution in [-0.2, 0) is 9.53 Å². The van der Waals surface area contributed by atoms with Crippen LogP contribution in [0.25, 0.3) is 0 Å². The van der Waals surface area contributed by atoms with Crippen molar-refractivity contribution < 1.29 is 14.5 Å². The summed E-state index contributed by atoms with van der Waals surface area (Å²) >= 11 is 0.964. The fourth-order valence-corrected chi connectivity index (χ4v) is 2.01. The van der Waals surface area contributed by atoms with Crippen LogP contribution in [0.1, 0.15) is 20.3 Å². The molecule has 1 aromatic rings. The largest absolute Gasteiger partial charge is 0.465 e. The summed E-state index contributed by atoms with van der Waals surface area (Å²) in [5, 5.41) is 14.0. The van der Waals surface area contributed by atoms with E-state index in [1.165, 1.54) is 0 Å². The number of nitrogens with one attached hydrogen (secondary N) is 1. The van der Waals surface area contributed by atoms with Gasteiger partial charge in [-0.2, -0.15) is 4.98 Å². The van der Waals surface area contributed by atoms with Crippen LogP contribution in [0, 0.1) is 10.1 Å². The van der Waals surface area contributed by atoms with Gasteiger partial charge in [-0.1, -0.05) is 18.7 Å². The molecule has 0 atom stereocenters. The van der Waals surface area contributed by atoms with Crippen molar-refractivity contribution in [2.45, 2.75) is 25.3 Å². The second-order valence-corrected chi connectivity index (χ2v) is 4.63. The van der Waals surface area contributed by atoms with Gasteiger partial charge in [0.15, 0.2) is 5.03 Å². The maximum Gasteiger partial charge on any atom is 0.319 e. The third-order valence-corrected chi connectivity index (χ3v) is 3.05. The number of esters is 1. The molecule has 0 amide bonds. The molecule has 0 aromatic carbocycles. The molecule has 0 saturated heterocycles. The molecular formula is C11H16N4O4S. The lowest BCUT2D eigenvalue weighted by atomic mass is 10.5. The monoisotopic (exact) mass is 300 g/mol. The number of ether oxygens (including phenoxy) is 1. The van der Waals surface area contributed by atoms with Crippen molar-refractivity contribution in [1.29, 1.82) is 0 Å². The Morgan fingerprint density at radius 1 is 1.55 bits per heavy atom. The Hall–Kier alpha value is -1.90. The fraction of sp³-hybridized carbons (Fsp3) is 0.545. The third kappa shape index (κ3) is 5.00. The standard InChI is InChI=1S/C11H16N4O4S/c1-3-5-12-11-13-6-8(15(17)18)10(14-11)20-7-9(16)19-4-2/h6H,3-5,7H2,1-2H3,(H,12,13,14). The number of nitro groups is 1. The van der Waals surface area contributed by atoms with E-state index in [1.54, 1.807) is 6.92 Å². The third-order valence-electron chi connectivity index (χ3n) is 2.10. The van der Waals surface area contributed by atoms with E-state index in [9.17, 15) is 14.9 Å². The quantitative estimate of drug-likeness (QED) is 0.255. The van der Waals surface area contributed by atoms with Crippen LogP contribution in [0.2, 0.25) is 0 Å². The van der Waals surface area contributed by atoms with Gasteiger partial charge in [-0.3, -0.25) is 14.9 Å². The molecule has 20 heavy (non-hydrogen) atoms. The predicted molar refractivity (Wildman–Crippen MR) is 74.8 cm³/mol. The van der Waals surface area contributed by atoms with Crippen LogP contribution in [0.5, 0.6) is 0 Å². The number of carbonyl (C=O) groups is 1. The number of rotatable bonds is 8. The molecule has 1 aromatic heterocycles. The Morgan fingerprint density at radius 3 is 2.90 bits per heavy atom.